The van der Waals surface area contributed by atoms with Crippen molar-refractivity contribution in [1.29, 1.82) is 0 Å². The van der Waals surface area contributed by atoms with Gasteiger partial charge in [-0.3, -0.25) is 13.9 Å². The first kappa shape index (κ1) is 27.7. The Morgan fingerprint density at radius 2 is 1.74 bits per heavy atom. The van der Waals surface area contributed by atoms with Crippen LogP contribution in [0, 0.1) is 11.6 Å². The molecule has 2 aromatic carbocycles. The van der Waals surface area contributed by atoms with Gasteiger partial charge in [-0.25, -0.2) is 17.2 Å². The predicted octanol–water partition coefficient (Wildman–Crippen LogP) is 3.83. The first-order chi connectivity index (χ1) is 15.9. The minimum absolute atomic E-state index is 0.0312. The molecule has 0 aromatic heterocycles. The van der Waals surface area contributed by atoms with Crippen LogP contribution in [0.25, 0.3) is 0 Å². The van der Waals surface area contributed by atoms with Crippen molar-refractivity contribution >= 4 is 43.5 Å². The van der Waals surface area contributed by atoms with E-state index in [9.17, 15) is 26.8 Å². The predicted molar refractivity (Wildman–Crippen MR) is 131 cm³/mol. The summed E-state index contributed by atoms with van der Waals surface area (Å²) in [6, 6.07) is 9.41. The third-order valence-corrected chi connectivity index (χ3v) is 6.85. The molecule has 0 radical (unpaired) electrons. The molecule has 1 N–H and O–H groups in total. The number of halogens is 3. The fourth-order valence-electron chi connectivity index (χ4n) is 3.34. The van der Waals surface area contributed by atoms with Crippen molar-refractivity contribution in [3.63, 3.8) is 0 Å². The van der Waals surface area contributed by atoms with E-state index in [4.69, 9.17) is 0 Å². The number of rotatable bonds is 11. The highest BCUT2D eigenvalue weighted by Gasteiger charge is 2.26. The van der Waals surface area contributed by atoms with E-state index in [1.807, 2.05) is 24.3 Å². The maximum Gasteiger partial charge on any atom is 0.242 e. The van der Waals surface area contributed by atoms with Crippen LogP contribution in [0.5, 0.6) is 0 Å². The number of hydrogen-bond donors (Lipinski definition) is 1. The Labute approximate surface area is 207 Å². The van der Waals surface area contributed by atoms with Crippen molar-refractivity contribution in [2.45, 2.75) is 39.3 Å². The zero-order valence-corrected chi connectivity index (χ0v) is 21.6. The second-order valence-electron chi connectivity index (χ2n) is 7.76. The van der Waals surface area contributed by atoms with Gasteiger partial charge >= 0.3 is 0 Å². The zero-order chi connectivity index (χ0) is 25.5. The Hall–Kier alpha value is -2.53. The fourth-order valence-corrected chi connectivity index (χ4v) is 4.56. The van der Waals surface area contributed by atoms with E-state index < -0.39 is 27.7 Å². The summed E-state index contributed by atoms with van der Waals surface area (Å²) < 4.78 is 53.2. The largest absolute Gasteiger partial charge is 0.355 e. The summed E-state index contributed by atoms with van der Waals surface area (Å²) in [6.45, 7) is 3.91. The summed E-state index contributed by atoms with van der Waals surface area (Å²) in [7, 11) is -3.80. The Morgan fingerprint density at radius 1 is 1.09 bits per heavy atom. The average Bonchev–Trinajstić information content (AvgIpc) is 2.77. The molecule has 7 nitrogen and oxygen atoms in total. The molecule has 2 amide bonds. The third kappa shape index (κ3) is 7.76. The molecule has 0 aliphatic heterocycles. The summed E-state index contributed by atoms with van der Waals surface area (Å²) >= 11 is 3.36. The highest BCUT2D eigenvalue weighted by atomic mass is 79.9. The molecule has 0 heterocycles. The van der Waals surface area contributed by atoms with E-state index in [-0.39, 0.29) is 43.4 Å². The molecule has 0 spiro atoms. The molecule has 0 aliphatic rings. The van der Waals surface area contributed by atoms with Gasteiger partial charge in [0.05, 0.1) is 11.9 Å². The van der Waals surface area contributed by atoms with Crippen LogP contribution in [0.2, 0.25) is 0 Å². The normalized spacial score (nSPS) is 12.2. The van der Waals surface area contributed by atoms with Crippen molar-refractivity contribution in [3.05, 3.63) is 64.1 Å². The lowest BCUT2D eigenvalue weighted by atomic mass is 10.1. The molecule has 34 heavy (non-hydrogen) atoms. The zero-order valence-electron chi connectivity index (χ0n) is 19.2. The number of nitrogens with one attached hydrogen (secondary N) is 1. The van der Waals surface area contributed by atoms with E-state index in [2.05, 4.69) is 21.2 Å². The fraction of sp³-hybridized carbons (Fsp3) is 0.391. The summed E-state index contributed by atoms with van der Waals surface area (Å²) in [6.07, 6.45) is 1.02. The minimum Gasteiger partial charge on any atom is -0.355 e. The number of carbonyl (C=O) groups is 2. The smallest absolute Gasteiger partial charge is 0.242 e. The second kappa shape index (κ2) is 12.3. The van der Waals surface area contributed by atoms with Gasteiger partial charge in [-0.2, -0.15) is 0 Å². The van der Waals surface area contributed by atoms with Gasteiger partial charge in [-0.15, -0.1) is 0 Å². The van der Waals surface area contributed by atoms with Crippen LogP contribution < -0.4 is 9.62 Å². The summed E-state index contributed by atoms with van der Waals surface area (Å²) in [4.78, 5) is 27.0. The van der Waals surface area contributed by atoms with E-state index in [1.165, 1.54) is 4.90 Å². The van der Waals surface area contributed by atoms with E-state index >= 15 is 0 Å². The Balaban J connectivity index is 2.16. The minimum atomic E-state index is -3.80. The van der Waals surface area contributed by atoms with Gasteiger partial charge in [0.1, 0.15) is 6.04 Å². The Kier molecular flexibility index (Phi) is 9.99. The van der Waals surface area contributed by atoms with Gasteiger partial charge in [-0.05, 0) is 50.1 Å². The highest BCUT2D eigenvalue weighted by molar-refractivity contribution is 9.10. The van der Waals surface area contributed by atoms with Crippen molar-refractivity contribution in [1.82, 2.24) is 10.2 Å². The number of nitrogens with zero attached hydrogens (tertiary/aromatic N) is 2. The van der Waals surface area contributed by atoms with E-state index in [0.29, 0.717) is 6.54 Å². The lowest BCUT2D eigenvalue weighted by Crippen LogP contribution is -2.47. The summed E-state index contributed by atoms with van der Waals surface area (Å²) in [5.74, 6) is -2.89. The quantitative estimate of drug-likeness (QED) is 0.453. The number of anilines is 1. The van der Waals surface area contributed by atoms with Crippen molar-refractivity contribution < 1.29 is 26.8 Å². The van der Waals surface area contributed by atoms with Crippen LogP contribution in [0.1, 0.15) is 32.3 Å². The van der Waals surface area contributed by atoms with Crippen LogP contribution in [-0.2, 0) is 26.2 Å². The van der Waals surface area contributed by atoms with Crippen molar-refractivity contribution in [3.8, 4) is 0 Å². The van der Waals surface area contributed by atoms with Crippen LogP contribution >= 0.6 is 15.9 Å². The summed E-state index contributed by atoms with van der Waals surface area (Å²) in [5, 5.41) is 2.71. The molecule has 11 heteroatoms. The number of sulfonamides is 1. The highest BCUT2D eigenvalue weighted by Crippen LogP contribution is 2.22. The topological polar surface area (TPSA) is 86.8 Å². The standard InChI is InChI=1S/C23H28BrF2N3O4S/c1-4-27-23(31)16(2)28(15-17-7-9-18(24)10-8-17)22(30)6-5-13-29(34(3,32)33)19-11-12-20(25)21(26)14-19/h7-12,14,16H,4-6,13,15H2,1-3H3,(H,27,31)/t16-/m0/s1. The van der Waals surface area contributed by atoms with Gasteiger partial charge in [0.15, 0.2) is 11.6 Å². The molecule has 0 unspecified atom stereocenters. The first-order valence-electron chi connectivity index (χ1n) is 10.7. The van der Waals surface area contributed by atoms with Gasteiger partial charge in [-0.1, -0.05) is 28.1 Å². The molecule has 0 aliphatic carbocycles. The van der Waals surface area contributed by atoms with Gasteiger partial charge in [0, 0.05) is 36.6 Å². The molecular formula is C23H28BrF2N3O4S. The van der Waals surface area contributed by atoms with Crippen LogP contribution in [0.4, 0.5) is 14.5 Å². The number of amides is 2. The van der Waals surface area contributed by atoms with Crippen LogP contribution in [0.3, 0.4) is 0 Å². The van der Waals surface area contributed by atoms with Gasteiger partial charge in [0.2, 0.25) is 21.8 Å². The van der Waals surface area contributed by atoms with Crippen LogP contribution in [0.15, 0.2) is 46.9 Å². The van der Waals surface area contributed by atoms with E-state index in [1.54, 1.807) is 13.8 Å². The molecule has 2 aromatic rings. The molecule has 186 valence electrons. The average molecular weight is 560 g/mol. The van der Waals surface area contributed by atoms with Crippen molar-refractivity contribution in [2.24, 2.45) is 0 Å². The maximum absolute atomic E-state index is 13.6. The molecule has 2 rings (SSSR count). The molecule has 0 saturated heterocycles. The monoisotopic (exact) mass is 559 g/mol. The SMILES string of the molecule is CCNC(=O)[C@H](C)N(Cc1ccc(Br)cc1)C(=O)CCCN(c1ccc(F)c(F)c1)S(C)(=O)=O. The number of hydrogen-bond acceptors (Lipinski definition) is 4. The van der Waals surface area contributed by atoms with Gasteiger partial charge < -0.3 is 10.2 Å². The number of likely N-dealkylation sites (N-methyl/N-ethyl adjacent to an activating group) is 1. The first-order valence-corrected chi connectivity index (χ1v) is 13.3. The Morgan fingerprint density at radius 3 is 2.29 bits per heavy atom. The van der Waals surface area contributed by atoms with Crippen LogP contribution in [-0.4, -0.2) is 50.5 Å². The maximum atomic E-state index is 13.6. The lowest BCUT2D eigenvalue weighted by molar-refractivity contribution is -0.140. The molecule has 0 bridgehead atoms. The molecular weight excluding hydrogens is 532 g/mol. The van der Waals surface area contributed by atoms with Gasteiger partial charge in [0.25, 0.3) is 0 Å². The number of carbonyl (C=O) groups excluding carboxylic acids is 2. The molecule has 1 atom stereocenters. The lowest BCUT2D eigenvalue weighted by Gasteiger charge is -2.29. The summed E-state index contributed by atoms with van der Waals surface area (Å²) in [5.41, 5.74) is 0.795. The Bertz CT molecular complexity index is 1110. The van der Waals surface area contributed by atoms with E-state index in [0.717, 1.165) is 38.8 Å². The van der Waals surface area contributed by atoms with Crippen molar-refractivity contribution in [2.75, 3.05) is 23.7 Å². The third-order valence-electron chi connectivity index (χ3n) is 5.13. The second-order valence-corrected chi connectivity index (χ2v) is 10.6. The number of benzene rings is 2. The molecule has 0 fully saturated rings. The molecule has 0 saturated carbocycles.